The average molecular weight is 393 g/mol. The van der Waals surface area contributed by atoms with Crippen LogP contribution in [0.15, 0.2) is 11.1 Å². The van der Waals surface area contributed by atoms with E-state index in [2.05, 4.69) is 27.5 Å². The molecule has 0 aliphatic heterocycles. The highest BCUT2D eigenvalue weighted by molar-refractivity contribution is 5.97. The minimum atomic E-state index is -0.422. The molecule has 28 heavy (non-hydrogen) atoms. The molecule has 0 aromatic carbocycles. The molecule has 1 aromatic heterocycles. The van der Waals surface area contributed by atoms with Gasteiger partial charge < -0.3 is 26.2 Å². The van der Waals surface area contributed by atoms with E-state index in [0.717, 1.165) is 17.7 Å². The summed E-state index contributed by atoms with van der Waals surface area (Å²) in [5.74, 6) is 0.813. The Bertz CT molecular complexity index is 656. The summed E-state index contributed by atoms with van der Waals surface area (Å²) < 4.78 is 5.80. The summed E-state index contributed by atoms with van der Waals surface area (Å²) >= 11 is 0. The molecule has 1 aliphatic rings. The number of pyridine rings is 1. The first-order valence-electron chi connectivity index (χ1n) is 10.4. The summed E-state index contributed by atoms with van der Waals surface area (Å²) in [6.07, 6.45) is 5.71. The van der Waals surface area contributed by atoms with Gasteiger partial charge in [0.1, 0.15) is 17.5 Å². The quantitative estimate of drug-likeness (QED) is 0.321. The molecule has 1 heterocycles. The molecule has 3 atom stereocenters. The molecule has 7 nitrogen and oxygen atoms in total. The fourth-order valence-corrected chi connectivity index (χ4v) is 3.76. The van der Waals surface area contributed by atoms with Gasteiger partial charge in [0.25, 0.3) is 0 Å². The van der Waals surface area contributed by atoms with Gasteiger partial charge >= 0.3 is 5.90 Å². The second-order valence-corrected chi connectivity index (χ2v) is 7.82. The Morgan fingerprint density at radius 3 is 2.64 bits per heavy atom. The van der Waals surface area contributed by atoms with Gasteiger partial charge in [0.05, 0.1) is 6.10 Å². The lowest BCUT2D eigenvalue weighted by Gasteiger charge is -2.29. The Balaban J connectivity index is 2.14. The fourth-order valence-electron chi connectivity index (χ4n) is 3.76. The number of hydrogen-bond donors (Lipinski definition) is 3. The Hall–Kier alpha value is -1.70. The van der Waals surface area contributed by atoms with Crippen molar-refractivity contribution < 1.29 is 9.84 Å². The molecule has 3 unspecified atom stereocenters. The minimum Gasteiger partial charge on any atom is -0.578 e. The summed E-state index contributed by atoms with van der Waals surface area (Å²) in [6.45, 7) is 8.53. The van der Waals surface area contributed by atoms with Crippen LogP contribution in [0.2, 0.25) is 0 Å². The van der Waals surface area contributed by atoms with Crippen LogP contribution in [-0.2, 0) is 4.74 Å². The van der Waals surface area contributed by atoms with Crippen molar-refractivity contribution in [3.63, 3.8) is 0 Å². The molecule has 2 rings (SSSR count). The number of aryl methyl sites for hydroxylation is 2. The van der Waals surface area contributed by atoms with Crippen molar-refractivity contribution in [1.82, 2.24) is 10.3 Å². The first kappa shape index (κ1) is 22.6. The van der Waals surface area contributed by atoms with E-state index in [1.807, 2.05) is 19.9 Å². The maximum atomic E-state index is 8.30. The molecule has 0 saturated heterocycles. The zero-order valence-electron chi connectivity index (χ0n) is 18.0. The van der Waals surface area contributed by atoms with Crippen molar-refractivity contribution in [1.29, 1.82) is 0 Å². The van der Waals surface area contributed by atoms with Crippen molar-refractivity contribution in [3.8, 4) is 0 Å². The van der Waals surface area contributed by atoms with Crippen LogP contribution in [0.5, 0.6) is 0 Å². The second-order valence-electron chi connectivity index (χ2n) is 7.82. The molecule has 1 aromatic rings. The second kappa shape index (κ2) is 10.7. The number of nitrogens with two attached hydrogens (primary N) is 1. The van der Waals surface area contributed by atoms with E-state index in [9.17, 15) is 0 Å². The van der Waals surface area contributed by atoms with Crippen molar-refractivity contribution in [3.05, 3.63) is 22.9 Å². The number of methoxy groups -OCH3 is 1. The Kier molecular flexibility index (Phi) is 8.66. The van der Waals surface area contributed by atoms with Gasteiger partial charge in [0, 0.05) is 31.4 Å². The van der Waals surface area contributed by atoms with Gasteiger partial charge in [-0.25, -0.2) is 4.98 Å². The van der Waals surface area contributed by atoms with Crippen LogP contribution in [-0.4, -0.2) is 54.0 Å². The predicted octanol–water partition coefficient (Wildman–Crippen LogP) is 2.21. The highest BCUT2D eigenvalue weighted by atomic mass is 16.5. The third-order valence-corrected chi connectivity index (χ3v) is 5.52. The normalized spacial score (nSPS) is 18.9. The van der Waals surface area contributed by atoms with Crippen LogP contribution >= 0.6 is 0 Å². The number of anilines is 1. The molecule has 1 saturated carbocycles. The van der Waals surface area contributed by atoms with E-state index in [1.54, 1.807) is 14.0 Å². The number of rotatable bonds is 10. The van der Waals surface area contributed by atoms with Gasteiger partial charge in [-0.2, -0.15) is 4.99 Å². The number of nitrogens with one attached hydrogen (secondary N) is 2. The number of hydrogen-bond acceptors (Lipinski definition) is 6. The van der Waals surface area contributed by atoms with Gasteiger partial charge in [0.15, 0.2) is 0 Å². The summed E-state index contributed by atoms with van der Waals surface area (Å²) in [4.78, 5) is 8.85. The van der Waals surface area contributed by atoms with Crippen molar-refractivity contribution >= 4 is 11.7 Å². The third-order valence-electron chi connectivity index (χ3n) is 5.52. The zero-order valence-corrected chi connectivity index (χ0v) is 18.0. The van der Waals surface area contributed by atoms with Gasteiger partial charge in [-0.05, 0) is 51.7 Å². The van der Waals surface area contributed by atoms with Crippen LogP contribution in [0, 0.1) is 13.8 Å². The number of aromatic nitrogens is 1. The van der Waals surface area contributed by atoms with Crippen molar-refractivity contribution in [2.45, 2.75) is 84.2 Å². The minimum absolute atomic E-state index is 0.0152. The Morgan fingerprint density at radius 1 is 1.39 bits per heavy atom. The van der Waals surface area contributed by atoms with E-state index in [1.165, 1.54) is 25.7 Å². The number of nitrogens with zero attached hydrogens (tertiary/aromatic N) is 2. The lowest BCUT2D eigenvalue weighted by Crippen LogP contribution is -2.47. The molecule has 6 N–H and O–H groups in total. The van der Waals surface area contributed by atoms with Gasteiger partial charge in [-0.1, -0.05) is 19.8 Å². The molecule has 1 fully saturated rings. The lowest BCUT2D eigenvalue weighted by atomic mass is 10.1. The number of aliphatic imine (C=N–C) groups is 1. The van der Waals surface area contributed by atoms with Crippen LogP contribution in [0.1, 0.15) is 62.8 Å². The van der Waals surface area contributed by atoms with Gasteiger partial charge in [-0.3, -0.25) is 0 Å². The standard InChI is InChI=1S/C21H37N5O2/c1-6-18(26-16-9-7-8-10-16)19(28-5)12-23-20-17(21(27)25-15(4)22)11-13(2)14(3)24-20/h11,15-16,18-19,26H,6-10,12,22H2,1-5H3,(H,23,24)(H,25,27)/p+1. The average Bonchev–Trinajstić information content (AvgIpc) is 3.16. The van der Waals surface area contributed by atoms with E-state index in [0.29, 0.717) is 24.0 Å². The molecule has 0 amide bonds. The highest BCUT2D eigenvalue weighted by Gasteiger charge is 2.25. The summed E-state index contributed by atoms with van der Waals surface area (Å²) in [5, 5.41) is 15.5. The lowest BCUT2D eigenvalue weighted by molar-refractivity contribution is 0.0725. The number of ether oxygens (including phenoxy) is 1. The summed E-state index contributed by atoms with van der Waals surface area (Å²) in [6, 6.07) is 2.83. The van der Waals surface area contributed by atoms with Crippen molar-refractivity contribution in [2.75, 3.05) is 19.0 Å². The van der Waals surface area contributed by atoms with Gasteiger partial charge in [-0.15, -0.1) is 0 Å². The molecule has 0 radical (unpaired) electrons. The molecular formula is C21H38N5O2+. The van der Waals surface area contributed by atoms with Crippen LogP contribution in [0.4, 0.5) is 5.82 Å². The maximum absolute atomic E-state index is 8.30. The van der Waals surface area contributed by atoms with E-state index in [-0.39, 0.29) is 18.0 Å². The smallest absolute Gasteiger partial charge is 0.365 e. The Morgan fingerprint density at radius 2 is 2.07 bits per heavy atom. The monoisotopic (exact) mass is 392 g/mol. The topological polar surface area (TPSA) is 107 Å². The molecule has 0 bridgehead atoms. The van der Waals surface area contributed by atoms with Crippen LogP contribution in [0.25, 0.3) is 0 Å². The maximum Gasteiger partial charge on any atom is 0.365 e. The van der Waals surface area contributed by atoms with E-state index >= 15 is 0 Å². The van der Waals surface area contributed by atoms with Crippen LogP contribution in [0.3, 0.4) is 0 Å². The first-order valence-corrected chi connectivity index (χ1v) is 10.4. The molecule has 0 spiro atoms. The first-order chi connectivity index (χ1) is 13.3. The highest BCUT2D eigenvalue weighted by Crippen LogP contribution is 2.21. The SMILES string of the molecule is CCC(NC1CCCC1)C(CNc1nc(C)c(C)cc1/C([OH2+])=N/C(C)N)OC. The van der Waals surface area contributed by atoms with Crippen molar-refractivity contribution in [2.24, 2.45) is 10.7 Å². The fraction of sp³-hybridized carbons (Fsp3) is 0.714. The molecule has 7 heteroatoms. The third kappa shape index (κ3) is 6.15. The molecule has 158 valence electrons. The molecule has 1 aliphatic carbocycles. The summed E-state index contributed by atoms with van der Waals surface area (Å²) in [7, 11) is 1.76. The van der Waals surface area contributed by atoms with E-state index < -0.39 is 6.17 Å². The molecular weight excluding hydrogens is 354 g/mol. The van der Waals surface area contributed by atoms with E-state index in [4.69, 9.17) is 15.6 Å². The Labute approximate surface area is 169 Å². The van der Waals surface area contributed by atoms with Crippen LogP contribution < -0.4 is 16.4 Å². The predicted molar refractivity (Wildman–Crippen MR) is 116 cm³/mol. The van der Waals surface area contributed by atoms with Gasteiger partial charge in [0.2, 0.25) is 0 Å². The summed E-state index contributed by atoms with van der Waals surface area (Å²) in [5.41, 5.74) is 8.39. The zero-order chi connectivity index (χ0) is 20.7. The largest absolute Gasteiger partial charge is 0.578 e.